The molecule has 0 saturated carbocycles. The summed E-state index contributed by atoms with van der Waals surface area (Å²) in [5.41, 5.74) is 1.50. The van der Waals surface area contributed by atoms with E-state index >= 15 is 0 Å². The number of nitrogens with zero attached hydrogens (tertiary/aromatic N) is 1. The van der Waals surface area contributed by atoms with Crippen molar-refractivity contribution in [2.75, 3.05) is 13.1 Å². The number of nitro groups is 1. The number of nitro benzene ring substituents is 1. The lowest BCUT2D eigenvalue weighted by atomic mass is 9.97. The zero-order valence-electron chi connectivity index (χ0n) is 11.5. The van der Waals surface area contributed by atoms with E-state index in [4.69, 9.17) is 0 Å². The molecule has 2 N–H and O–H groups in total. The first kappa shape index (κ1) is 14.5. The van der Waals surface area contributed by atoms with Crippen molar-refractivity contribution in [1.82, 2.24) is 10.6 Å². The molecule has 1 heterocycles. The molecule has 6 nitrogen and oxygen atoms in total. The van der Waals surface area contributed by atoms with Gasteiger partial charge in [0.25, 0.3) is 5.69 Å². The van der Waals surface area contributed by atoms with Crippen molar-refractivity contribution in [1.29, 1.82) is 0 Å². The molecule has 0 bridgehead atoms. The van der Waals surface area contributed by atoms with Crippen LogP contribution < -0.4 is 10.6 Å². The maximum absolute atomic E-state index is 12.0. The van der Waals surface area contributed by atoms with E-state index in [0.29, 0.717) is 12.1 Å². The molecule has 0 unspecified atom stereocenters. The van der Waals surface area contributed by atoms with Gasteiger partial charge in [0.2, 0.25) is 5.91 Å². The van der Waals surface area contributed by atoms with E-state index in [1.54, 1.807) is 13.0 Å². The van der Waals surface area contributed by atoms with Gasteiger partial charge in [0.05, 0.1) is 4.92 Å². The molecule has 1 fully saturated rings. The number of carbonyl (C=O) groups is 1. The Labute approximate surface area is 117 Å². The van der Waals surface area contributed by atoms with Crippen molar-refractivity contribution in [3.8, 4) is 0 Å². The molecule has 0 aliphatic carbocycles. The first-order valence-electron chi connectivity index (χ1n) is 6.81. The number of amides is 1. The molecular formula is C14H19N3O3. The molecule has 20 heavy (non-hydrogen) atoms. The van der Waals surface area contributed by atoms with Crippen LogP contribution in [0.15, 0.2) is 18.2 Å². The van der Waals surface area contributed by atoms with Crippen LogP contribution in [0, 0.1) is 23.0 Å². The van der Waals surface area contributed by atoms with Gasteiger partial charge in [-0.25, -0.2) is 0 Å². The Morgan fingerprint density at radius 2 is 2.15 bits per heavy atom. The molecule has 0 radical (unpaired) electrons. The van der Waals surface area contributed by atoms with E-state index in [9.17, 15) is 14.9 Å². The number of rotatable bonds is 4. The van der Waals surface area contributed by atoms with Crippen LogP contribution in [0.4, 0.5) is 5.69 Å². The standard InChI is InChI=1S/C14H19N3O3/c1-10-12(3-2-4-13(10)17(19)20)9-16-14(18)11-5-7-15-8-6-11/h2-4,11,15H,5-9H2,1H3,(H,16,18). The number of benzene rings is 1. The van der Waals surface area contributed by atoms with Gasteiger partial charge in [-0.2, -0.15) is 0 Å². The lowest BCUT2D eigenvalue weighted by Crippen LogP contribution is -2.37. The van der Waals surface area contributed by atoms with Crippen molar-refractivity contribution >= 4 is 11.6 Å². The molecule has 0 aromatic heterocycles. The van der Waals surface area contributed by atoms with Gasteiger partial charge >= 0.3 is 0 Å². The van der Waals surface area contributed by atoms with E-state index in [0.717, 1.165) is 31.5 Å². The van der Waals surface area contributed by atoms with Crippen LogP contribution in [0.1, 0.15) is 24.0 Å². The smallest absolute Gasteiger partial charge is 0.272 e. The van der Waals surface area contributed by atoms with Crippen molar-refractivity contribution in [2.45, 2.75) is 26.3 Å². The van der Waals surface area contributed by atoms with Gasteiger partial charge < -0.3 is 10.6 Å². The summed E-state index contributed by atoms with van der Waals surface area (Å²) in [6, 6.07) is 4.94. The highest BCUT2D eigenvalue weighted by atomic mass is 16.6. The first-order valence-corrected chi connectivity index (χ1v) is 6.81. The van der Waals surface area contributed by atoms with Crippen LogP contribution in [0.3, 0.4) is 0 Å². The average molecular weight is 277 g/mol. The predicted octanol–water partition coefficient (Wildman–Crippen LogP) is 1.52. The van der Waals surface area contributed by atoms with Gasteiger partial charge in [0, 0.05) is 24.1 Å². The summed E-state index contributed by atoms with van der Waals surface area (Å²) in [5.74, 6) is 0.0904. The van der Waals surface area contributed by atoms with Crippen LogP contribution in [-0.2, 0) is 11.3 Å². The molecule has 1 aliphatic rings. The van der Waals surface area contributed by atoms with Gasteiger partial charge in [0.1, 0.15) is 0 Å². The van der Waals surface area contributed by atoms with Crippen LogP contribution in [0.5, 0.6) is 0 Å². The summed E-state index contributed by atoms with van der Waals surface area (Å²) in [4.78, 5) is 22.5. The van der Waals surface area contributed by atoms with E-state index in [-0.39, 0.29) is 17.5 Å². The highest BCUT2D eigenvalue weighted by Gasteiger charge is 2.21. The van der Waals surface area contributed by atoms with E-state index in [1.165, 1.54) is 6.07 Å². The summed E-state index contributed by atoms with van der Waals surface area (Å²) in [5, 5.41) is 17.0. The molecule has 0 spiro atoms. The second kappa shape index (κ2) is 6.47. The molecule has 1 aliphatic heterocycles. The van der Waals surface area contributed by atoms with Gasteiger partial charge in [-0.1, -0.05) is 12.1 Å². The number of nitrogens with one attached hydrogen (secondary N) is 2. The second-order valence-electron chi connectivity index (χ2n) is 5.06. The molecule has 6 heteroatoms. The third-order valence-electron chi connectivity index (χ3n) is 3.78. The quantitative estimate of drug-likeness (QED) is 0.645. The Morgan fingerprint density at radius 3 is 2.80 bits per heavy atom. The molecular weight excluding hydrogens is 258 g/mol. The van der Waals surface area contributed by atoms with E-state index in [2.05, 4.69) is 10.6 Å². The summed E-state index contributed by atoms with van der Waals surface area (Å²) in [6.07, 6.45) is 1.69. The summed E-state index contributed by atoms with van der Waals surface area (Å²) in [7, 11) is 0. The molecule has 1 aromatic rings. The van der Waals surface area contributed by atoms with Gasteiger partial charge in [-0.05, 0) is 38.4 Å². The Kier molecular flexibility index (Phi) is 4.68. The Balaban J connectivity index is 1.98. The normalized spacial score (nSPS) is 15.8. The summed E-state index contributed by atoms with van der Waals surface area (Å²) in [6.45, 7) is 3.79. The van der Waals surface area contributed by atoms with Crippen molar-refractivity contribution < 1.29 is 9.72 Å². The van der Waals surface area contributed by atoms with Crippen LogP contribution >= 0.6 is 0 Å². The average Bonchev–Trinajstić information content (AvgIpc) is 2.46. The summed E-state index contributed by atoms with van der Waals surface area (Å²) >= 11 is 0. The lowest BCUT2D eigenvalue weighted by Gasteiger charge is -2.21. The molecule has 2 rings (SSSR count). The van der Waals surface area contributed by atoms with E-state index < -0.39 is 4.92 Å². The van der Waals surface area contributed by atoms with Crippen molar-refractivity contribution in [3.63, 3.8) is 0 Å². The minimum absolute atomic E-state index is 0.0393. The highest BCUT2D eigenvalue weighted by molar-refractivity contribution is 5.78. The monoisotopic (exact) mass is 277 g/mol. The highest BCUT2D eigenvalue weighted by Crippen LogP contribution is 2.21. The number of hydrogen-bond acceptors (Lipinski definition) is 4. The maximum atomic E-state index is 12.0. The zero-order valence-corrected chi connectivity index (χ0v) is 11.5. The van der Waals surface area contributed by atoms with E-state index in [1.807, 2.05) is 6.07 Å². The first-order chi connectivity index (χ1) is 9.59. The third-order valence-corrected chi connectivity index (χ3v) is 3.78. The van der Waals surface area contributed by atoms with Gasteiger partial charge in [-0.15, -0.1) is 0 Å². The number of carbonyl (C=O) groups excluding carboxylic acids is 1. The Bertz CT molecular complexity index is 510. The van der Waals surface area contributed by atoms with Crippen LogP contribution in [-0.4, -0.2) is 23.9 Å². The maximum Gasteiger partial charge on any atom is 0.272 e. The Morgan fingerprint density at radius 1 is 1.45 bits per heavy atom. The minimum Gasteiger partial charge on any atom is -0.352 e. The van der Waals surface area contributed by atoms with Crippen LogP contribution in [0.25, 0.3) is 0 Å². The van der Waals surface area contributed by atoms with Crippen LogP contribution in [0.2, 0.25) is 0 Å². The van der Waals surface area contributed by atoms with Gasteiger partial charge in [0.15, 0.2) is 0 Å². The van der Waals surface area contributed by atoms with Crippen molar-refractivity contribution in [2.24, 2.45) is 5.92 Å². The Hall–Kier alpha value is -1.95. The van der Waals surface area contributed by atoms with Crippen molar-refractivity contribution in [3.05, 3.63) is 39.4 Å². The zero-order chi connectivity index (χ0) is 14.5. The third kappa shape index (κ3) is 3.33. The predicted molar refractivity (Wildman–Crippen MR) is 75.3 cm³/mol. The number of piperidine rings is 1. The SMILES string of the molecule is Cc1c(CNC(=O)C2CCNCC2)cccc1[N+](=O)[O-]. The fraction of sp³-hybridized carbons (Fsp3) is 0.500. The topological polar surface area (TPSA) is 84.3 Å². The number of hydrogen-bond donors (Lipinski definition) is 2. The fourth-order valence-corrected chi connectivity index (χ4v) is 2.47. The largest absolute Gasteiger partial charge is 0.352 e. The molecule has 108 valence electrons. The molecule has 1 saturated heterocycles. The fourth-order valence-electron chi connectivity index (χ4n) is 2.47. The molecule has 0 atom stereocenters. The lowest BCUT2D eigenvalue weighted by molar-refractivity contribution is -0.385. The molecule has 1 aromatic carbocycles. The van der Waals surface area contributed by atoms with Gasteiger partial charge in [-0.3, -0.25) is 14.9 Å². The summed E-state index contributed by atoms with van der Waals surface area (Å²) < 4.78 is 0. The minimum atomic E-state index is -0.395. The second-order valence-corrected chi connectivity index (χ2v) is 5.06. The molecule has 1 amide bonds.